The number of aryl methyl sites for hydroxylation is 1. The first-order chi connectivity index (χ1) is 19.6. The molecule has 2 aromatic heterocycles. The third kappa shape index (κ3) is 4.69. The van der Waals surface area contributed by atoms with Gasteiger partial charge in [-0.15, -0.1) is 0 Å². The van der Waals surface area contributed by atoms with E-state index >= 15 is 4.39 Å². The highest BCUT2D eigenvalue weighted by Crippen LogP contribution is 2.46. The molecule has 0 saturated heterocycles. The zero-order valence-electron chi connectivity index (χ0n) is 22.8. The second-order valence-corrected chi connectivity index (χ2v) is 10.1. The predicted octanol–water partition coefficient (Wildman–Crippen LogP) is 6.51. The number of aromatic nitrogens is 2. The topological polar surface area (TPSA) is 82.9 Å². The van der Waals surface area contributed by atoms with Crippen molar-refractivity contribution in [3.63, 3.8) is 0 Å². The molecule has 0 N–H and O–H groups in total. The number of hydrogen-bond acceptors (Lipinski definition) is 6. The number of nitrogens with zero attached hydrogens (tertiary/aromatic N) is 3. The first kappa shape index (κ1) is 28.4. The Balaban J connectivity index is 1.72. The van der Waals surface area contributed by atoms with Gasteiger partial charge in [0, 0.05) is 41.4 Å². The predicted molar refractivity (Wildman–Crippen MR) is 158 cm³/mol. The third-order valence-electron chi connectivity index (χ3n) is 7.05. The second-order valence-electron chi connectivity index (χ2n) is 9.39. The molecule has 11 heteroatoms. The molecule has 212 valence electrons. The lowest BCUT2D eigenvalue weighted by atomic mass is 10.0. The molecule has 0 radical (unpaired) electrons. The summed E-state index contributed by atoms with van der Waals surface area (Å²) in [5, 5.41) is 0.916. The lowest BCUT2D eigenvalue weighted by Crippen LogP contribution is -2.44. The van der Waals surface area contributed by atoms with Crippen LogP contribution in [-0.2, 0) is 11.3 Å². The van der Waals surface area contributed by atoms with Gasteiger partial charge < -0.3 is 18.8 Å². The summed E-state index contributed by atoms with van der Waals surface area (Å²) < 4.78 is 33.4. The van der Waals surface area contributed by atoms with Gasteiger partial charge >= 0.3 is 0 Å². The first-order valence-electron chi connectivity index (χ1n) is 12.7. The van der Waals surface area contributed by atoms with E-state index in [1.807, 2.05) is 13.8 Å². The number of ether oxygens (including phenoxy) is 3. The largest absolute Gasteiger partial charge is 0.495 e. The van der Waals surface area contributed by atoms with Gasteiger partial charge in [-0.05, 0) is 38.1 Å². The summed E-state index contributed by atoms with van der Waals surface area (Å²) in [6.45, 7) is 7.74. The number of methoxy groups -OCH3 is 2. The highest BCUT2D eigenvalue weighted by Gasteiger charge is 2.30. The van der Waals surface area contributed by atoms with E-state index in [9.17, 15) is 9.59 Å². The molecule has 1 unspecified atom stereocenters. The number of carbonyl (C=O) groups is 1. The van der Waals surface area contributed by atoms with Crippen LogP contribution in [0.3, 0.4) is 0 Å². The van der Waals surface area contributed by atoms with Crippen LogP contribution >= 0.6 is 23.2 Å². The summed E-state index contributed by atoms with van der Waals surface area (Å²) in [5.74, 6) is -0.0729. The first-order valence-corrected chi connectivity index (χ1v) is 13.5. The van der Waals surface area contributed by atoms with Crippen molar-refractivity contribution in [3.8, 4) is 39.6 Å². The van der Waals surface area contributed by atoms with Gasteiger partial charge in [0.1, 0.15) is 29.7 Å². The van der Waals surface area contributed by atoms with Crippen molar-refractivity contribution in [1.82, 2.24) is 9.55 Å². The number of halogens is 3. The van der Waals surface area contributed by atoms with Crippen molar-refractivity contribution in [2.45, 2.75) is 26.4 Å². The Morgan fingerprint density at radius 3 is 2.44 bits per heavy atom. The normalized spacial score (nSPS) is 14.4. The number of hydrogen-bond donors (Lipinski definition) is 0. The number of pyridine rings is 2. The summed E-state index contributed by atoms with van der Waals surface area (Å²) in [5.41, 5.74) is 1.48. The Morgan fingerprint density at radius 2 is 1.83 bits per heavy atom. The Kier molecular flexibility index (Phi) is 7.68. The Bertz CT molecular complexity index is 1760. The van der Waals surface area contributed by atoms with Crippen LogP contribution in [-0.4, -0.2) is 42.3 Å². The molecule has 1 amide bonds. The van der Waals surface area contributed by atoms with Gasteiger partial charge in [-0.25, -0.2) is 4.39 Å². The molecule has 8 nitrogen and oxygen atoms in total. The van der Waals surface area contributed by atoms with Crippen LogP contribution in [0.25, 0.3) is 33.3 Å². The van der Waals surface area contributed by atoms with Crippen molar-refractivity contribution in [3.05, 3.63) is 75.4 Å². The number of anilines is 1. The summed E-state index contributed by atoms with van der Waals surface area (Å²) in [4.78, 5) is 32.5. The summed E-state index contributed by atoms with van der Waals surface area (Å²) in [6, 6.07) is 7.30. The molecule has 0 fully saturated rings. The van der Waals surface area contributed by atoms with Gasteiger partial charge in [-0.1, -0.05) is 29.8 Å². The van der Waals surface area contributed by atoms with Crippen LogP contribution in [0, 0.1) is 5.82 Å². The van der Waals surface area contributed by atoms with Crippen molar-refractivity contribution in [2.24, 2.45) is 0 Å². The van der Waals surface area contributed by atoms with Crippen molar-refractivity contribution >= 4 is 45.7 Å². The Morgan fingerprint density at radius 1 is 1.15 bits per heavy atom. The summed E-state index contributed by atoms with van der Waals surface area (Å²) >= 11 is 13.2. The van der Waals surface area contributed by atoms with Gasteiger partial charge in [-0.2, -0.15) is 0 Å². The fourth-order valence-electron chi connectivity index (χ4n) is 5.04. The molecule has 0 spiro atoms. The molecule has 0 saturated carbocycles. The molecular weight excluding hydrogens is 572 g/mol. The van der Waals surface area contributed by atoms with Gasteiger partial charge in [-0.3, -0.25) is 19.5 Å². The van der Waals surface area contributed by atoms with Gasteiger partial charge in [0.15, 0.2) is 0 Å². The maximum Gasteiger partial charge on any atom is 0.259 e. The van der Waals surface area contributed by atoms with Crippen molar-refractivity contribution in [1.29, 1.82) is 0 Å². The number of fused-ring (bicyclic) bond motifs is 2. The van der Waals surface area contributed by atoms with E-state index in [2.05, 4.69) is 11.6 Å². The van der Waals surface area contributed by atoms with Crippen LogP contribution in [0.1, 0.15) is 13.8 Å². The molecule has 4 aromatic rings. The molecule has 1 atom stereocenters. The van der Waals surface area contributed by atoms with E-state index in [4.69, 9.17) is 37.4 Å². The molecule has 0 bridgehead atoms. The minimum Gasteiger partial charge on any atom is -0.495 e. The SMILES string of the molecule is C=CC(=O)N1c2cc(-c3cc4c(cn3)cc(-c3c(Cl)c(OC)cc(OC)c3Cl)c(=O)n4CC)c(F)cc2OCC1C. The average Bonchev–Trinajstić information content (AvgIpc) is 2.97. The lowest BCUT2D eigenvalue weighted by Gasteiger charge is -2.34. The van der Waals surface area contributed by atoms with Crippen molar-refractivity contribution in [2.75, 3.05) is 25.7 Å². The smallest absolute Gasteiger partial charge is 0.259 e. The van der Waals surface area contributed by atoms with Crippen LogP contribution in [0.4, 0.5) is 10.1 Å². The third-order valence-corrected chi connectivity index (χ3v) is 7.80. The fourth-order valence-corrected chi connectivity index (χ4v) is 5.74. The zero-order valence-corrected chi connectivity index (χ0v) is 24.3. The molecule has 2 aromatic carbocycles. The van der Waals surface area contributed by atoms with Crippen LogP contribution in [0.5, 0.6) is 17.2 Å². The molecule has 0 aliphatic carbocycles. The van der Waals surface area contributed by atoms with E-state index in [0.717, 1.165) is 0 Å². The molecular formula is C30H26Cl2FN3O5. The van der Waals surface area contributed by atoms with Crippen LogP contribution in [0.2, 0.25) is 10.0 Å². The van der Waals surface area contributed by atoms with Crippen molar-refractivity contribution < 1.29 is 23.4 Å². The highest BCUT2D eigenvalue weighted by molar-refractivity contribution is 6.41. The van der Waals surface area contributed by atoms with Crippen LogP contribution in [0.15, 0.2) is 54.0 Å². The maximum atomic E-state index is 15.4. The monoisotopic (exact) mass is 597 g/mol. The van der Waals surface area contributed by atoms with E-state index in [1.54, 1.807) is 24.4 Å². The number of amides is 1. The highest BCUT2D eigenvalue weighted by atomic mass is 35.5. The zero-order chi connectivity index (χ0) is 29.6. The minimum atomic E-state index is -0.583. The lowest BCUT2D eigenvalue weighted by molar-refractivity contribution is -0.114. The molecule has 1 aliphatic heterocycles. The maximum absolute atomic E-state index is 15.4. The fraction of sp³-hybridized carbons (Fsp3) is 0.233. The standard InChI is InChI=1S/C30H26Cl2FN3O5/c1-6-26(37)36-15(3)14-41-23-10-19(33)17(9-22(23)36)20-11-21-16(13-34-20)8-18(30(38)35(21)7-2)27-28(31)24(39-4)12-25(40-5)29(27)32/h6,8-13,15H,1,7,14H2,2-5H3. The quantitative estimate of drug-likeness (QED) is 0.235. The van der Waals surface area contributed by atoms with Gasteiger partial charge in [0.25, 0.3) is 11.5 Å². The van der Waals surface area contributed by atoms with E-state index in [0.29, 0.717) is 34.6 Å². The second kappa shape index (κ2) is 11.1. The molecule has 41 heavy (non-hydrogen) atoms. The van der Waals surface area contributed by atoms with Crippen LogP contribution < -0.4 is 24.7 Å². The van der Waals surface area contributed by atoms with E-state index in [1.165, 1.54) is 41.9 Å². The van der Waals surface area contributed by atoms with Gasteiger partial charge in [0.05, 0.1) is 52.8 Å². The summed E-state index contributed by atoms with van der Waals surface area (Å²) in [6.07, 6.45) is 2.75. The Labute approximate surface area is 245 Å². The minimum absolute atomic E-state index is 0.146. The van der Waals surface area contributed by atoms with E-state index in [-0.39, 0.29) is 62.3 Å². The average molecular weight is 598 g/mol. The van der Waals surface area contributed by atoms with Gasteiger partial charge in [0.2, 0.25) is 0 Å². The number of carbonyl (C=O) groups excluding carboxylic acids is 1. The summed E-state index contributed by atoms with van der Waals surface area (Å²) in [7, 11) is 2.90. The number of benzene rings is 2. The number of rotatable bonds is 6. The molecule has 3 heterocycles. The Hall–Kier alpha value is -4.08. The van der Waals surface area contributed by atoms with E-state index < -0.39 is 5.82 Å². The molecule has 1 aliphatic rings. The molecule has 5 rings (SSSR count).